The Morgan fingerprint density at radius 1 is 1.25 bits per heavy atom. The van der Waals surface area contributed by atoms with Gasteiger partial charge in [0.15, 0.2) is 0 Å². The van der Waals surface area contributed by atoms with Crippen molar-refractivity contribution in [3.8, 4) is 0 Å². The Hall–Kier alpha value is -2.34. The molecular weight excluding hydrogens is 304 g/mol. The molecule has 1 aromatic carbocycles. The second kappa shape index (κ2) is 7.49. The Bertz CT molecular complexity index is 702. The molecule has 0 aliphatic carbocycles. The first-order valence-electron chi connectivity index (χ1n) is 8.11. The first kappa shape index (κ1) is 18.0. The zero-order valence-electron chi connectivity index (χ0n) is 14.9. The summed E-state index contributed by atoms with van der Waals surface area (Å²) in [6.45, 7) is 8.16. The number of rotatable bonds is 5. The summed E-state index contributed by atoms with van der Waals surface area (Å²) in [6.07, 6.45) is 1.03. The molecule has 0 unspecified atom stereocenters. The van der Waals surface area contributed by atoms with Crippen molar-refractivity contribution in [3.63, 3.8) is 0 Å². The molecule has 1 heterocycles. The van der Waals surface area contributed by atoms with Crippen LogP contribution in [0.2, 0.25) is 0 Å². The molecule has 3 N–H and O–H groups in total. The number of aryl methyl sites for hydroxylation is 3. The first-order chi connectivity index (χ1) is 11.3. The van der Waals surface area contributed by atoms with Gasteiger partial charge in [-0.1, -0.05) is 43.2 Å². The van der Waals surface area contributed by atoms with Gasteiger partial charge in [0.2, 0.25) is 0 Å². The maximum atomic E-state index is 12.1. The third-order valence-electron chi connectivity index (χ3n) is 3.74. The summed E-state index contributed by atoms with van der Waals surface area (Å²) in [5.41, 5.74) is 4.50. The maximum Gasteiger partial charge on any atom is 0.319 e. The number of hydrogen-bond donors (Lipinski definition) is 3. The number of nitrogens with one attached hydrogen (secondary N) is 2. The zero-order valence-corrected chi connectivity index (χ0v) is 14.9. The van der Waals surface area contributed by atoms with Crippen molar-refractivity contribution in [2.45, 2.75) is 39.7 Å². The molecule has 0 radical (unpaired) electrons. The number of anilines is 1. The van der Waals surface area contributed by atoms with Gasteiger partial charge in [0.25, 0.3) is 0 Å². The van der Waals surface area contributed by atoms with Crippen molar-refractivity contribution in [2.75, 3.05) is 11.9 Å². The molecule has 0 aliphatic rings. The summed E-state index contributed by atoms with van der Waals surface area (Å²) in [4.78, 5) is 12.1. The number of benzene rings is 1. The van der Waals surface area contributed by atoms with Crippen LogP contribution in [0.25, 0.3) is 0 Å². The first-order valence-corrected chi connectivity index (χ1v) is 8.11. The number of carbonyl (C=O) groups excluding carboxylic acids is 1. The van der Waals surface area contributed by atoms with Crippen LogP contribution in [0.15, 0.2) is 24.4 Å². The number of aromatic nitrogens is 2. The van der Waals surface area contributed by atoms with Gasteiger partial charge in [0.05, 0.1) is 17.5 Å². The number of aliphatic hydroxyl groups is 1. The molecule has 0 saturated heterocycles. The Labute approximate surface area is 142 Å². The molecule has 6 heteroatoms. The summed E-state index contributed by atoms with van der Waals surface area (Å²) in [6, 6.07) is 5.55. The lowest BCUT2D eigenvalue weighted by Crippen LogP contribution is -2.32. The summed E-state index contributed by atoms with van der Waals surface area (Å²) in [7, 11) is 1.82. The number of urea groups is 1. The van der Waals surface area contributed by atoms with E-state index in [1.165, 1.54) is 0 Å². The highest BCUT2D eigenvalue weighted by Crippen LogP contribution is 2.22. The van der Waals surface area contributed by atoms with Crippen LogP contribution in [0.5, 0.6) is 0 Å². The van der Waals surface area contributed by atoms with E-state index < -0.39 is 6.10 Å². The van der Waals surface area contributed by atoms with Gasteiger partial charge < -0.3 is 15.7 Å². The van der Waals surface area contributed by atoms with Crippen molar-refractivity contribution >= 4 is 11.7 Å². The fourth-order valence-corrected chi connectivity index (χ4v) is 2.70. The SMILES string of the molecule is Cc1cc(C)cc([C@@H](O)CNC(=O)Nc2cn(C)nc2C(C)C)c1. The maximum absolute atomic E-state index is 12.1. The molecule has 24 heavy (non-hydrogen) atoms. The molecule has 0 fully saturated rings. The van der Waals surface area contributed by atoms with Gasteiger partial charge in [0.1, 0.15) is 0 Å². The molecule has 0 spiro atoms. The average molecular weight is 330 g/mol. The van der Waals surface area contributed by atoms with E-state index in [2.05, 4.69) is 15.7 Å². The van der Waals surface area contributed by atoms with Crippen molar-refractivity contribution < 1.29 is 9.90 Å². The molecule has 2 amide bonds. The lowest BCUT2D eigenvalue weighted by atomic mass is 10.0. The van der Waals surface area contributed by atoms with Crippen molar-refractivity contribution in [1.82, 2.24) is 15.1 Å². The van der Waals surface area contributed by atoms with E-state index in [-0.39, 0.29) is 18.5 Å². The average Bonchev–Trinajstić information content (AvgIpc) is 2.84. The minimum atomic E-state index is -0.743. The standard InChI is InChI=1S/C18H26N4O2/c1-11(2)17-15(10-22(5)21-17)20-18(24)19-9-16(23)14-7-12(3)6-13(4)8-14/h6-8,10-11,16,23H,9H2,1-5H3,(H2,19,20,24)/t16-/m0/s1. The Morgan fingerprint density at radius 3 is 2.46 bits per heavy atom. The summed E-state index contributed by atoms with van der Waals surface area (Å²) < 4.78 is 1.68. The van der Waals surface area contributed by atoms with Gasteiger partial charge in [-0.15, -0.1) is 0 Å². The molecule has 0 aliphatic heterocycles. The lowest BCUT2D eigenvalue weighted by molar-refractivity contribution is 0.175. The topological polar surface area (TPSA) is 79.2 Å². The summed E-state index contributed by atoms with van der Waals surface area (Å²) in [5.74, 6) is 0.211. The second-order valence-electron chi connectivity index (χ2n) is 6.53. The van der Waals surface area contributed by atoms with Gasteiger partial charge in [-0.2, -0.15) is 5.10 Å². The number of amides is 2. The normalized spacial score (nSPS) is 12.3. The van der Waals surface area contributed by atoms with E-state index in [9.17, 15) is 9.90 Å². The Kier molecular flexibility index (Phi) is 5.62. The van der Waals surface area contributed by atoms with Gasteiger partial charge in [-0.25, -0.2) is 4.79 Å². The fraction of sp³-hybridized carbons (Fsp3) is 0.444. The minimum Gasteiger partial charge on any atom is -0.387 e. The van der Waals surface area contributed by atoms with Crippen molar-refractivity contribution in [2.24, 2.45) is 7.05 Å². The van der Waals surface area contributed by atoms with Crippen LogP contribution in [0.4, 0.5) is 10.5 Å². The van der Waals surface area contributed by atoms with E-state index in [1.54, 1.807) is 10.9 Å². The number of aliphatic hydroxyl groups excluding tert-OH is 1. The van der Waals surface area contributed by atoms with E-state index in [0.717, 1.165) is 22.4 Å². The number of carbonyl (C=O) groups is 1. The zero-order chi connectivity index (χ0) is 17.9. The molecule has 0 saturated carbocycles. The molecule has 1 atom stereocenters. The van der Waals surface area contributed by atoms with Crippen LogP contribution >= 0.6 is 0 Å². The molecule has 0 bridgehead atoms. The van der Waals surface area contributed by atoms with Gasteiger partial charge in [0, 0.05) is 19.8 Å². The number of hydrogen-bond acceptors (Lipinski definition) is 3. The summed E-state index contributed by atoms with van der Waals surface area (Å²) in [5, 5.41) is 20.1. The van der Waals surface area contributed by atoms with Crippen molar-refractivity contribution in [3.05, 3.63) is 46.8 Å². The quantitative estimate of drug-likeness (QED) is 0.788. The van der Waals surface area contributed by atoms with Gasteiger partial charge in [-0.05, 0) is 25.3 Å². The summed E-state index contributed by atoms with van der Waals surface area (Å²) >= 11 is 0. The fourth-order valence-electron chi connectivity index (χ4n) is 2.70. The van der Waals surface area contributed by atoms with Gasteiger partial charge in [-0.3, -0.25) is 4.68 Å². The van der Waals surface area contributed by atoms with Crippen LogP contribution in [0, 0.1) is 13.8 Å². The molecule has 6 nitrogen and oxygen atoms in total. The monoisotopic (exact) mass is 330 g/mol. The third kappa shape index (κ3) is 4.58. The van der Waals surface area contributed by atoms with Crippen LogP contribution in [0.3, 0.4) is 0 Å². The molecule has 1 aromatic heterocycles. The number of nitrogens with zero attached hydrogens (tertiary/aromatic N) is 2. The van der Waals surface area contributed by atoms with Crippen LogP contribution in [-0.4, -0.2) is 27.5 Å². The molecular formula is C18H26N4O2. The minimum absolute atomic E-state index is 0.145. The largest absolute Gasteiger partial charge is 0.387 e. The highest BCUT2D eigenvalue weighted by atomic mass is 16.3. The van der Waals surface area contributed by atoms with E-state index >= 15 is 0 Å². The van der Waals surface area contributed by atoms with Gasteiger partial charge >= 0.3 is 6.03 Å². The predicted octanol–water partition coefficient (Wildman–Crippen LogP) is 3.02. The Morgan fingerprint density at radius 2 is 1.88 bits per heavy atom. The lowest BCUT2D eigenvalue weighted by Gasteiger charge is -2.14. The molecule has 2 rings (SSSR count). The van der Waals surface area contributed by atoms with E-state index in [0.29, 0.717) is 5.69 Å². The van der Waals surface area contributed by atoms with E-state index in [1.807, 2.05) is 52.9 Å². The van der Waals surface area contributed by atoms with E-state index in [4.69, 9.17) is 0 Å². The highest BCUT2D eigenvalue weighted by molar-refractivity contribution is 5.89. The van der Waals surface area contributed by atoms with Crippen LogP contribution < -0.4 is 10.6 Å². The third-order valence-corrected chi connectivity index (χ3v) is 3.74. The predicted molar refractivity (Wildman–Crippen MR) is 95.2 cm³/mol. The van der Waals surface area contributed by atoms with Crippen molar-refractivity contribution in [1.29, 1.82) is 0 Å². The second-order valence-corrected chi connectivity index (χ2v) is 6.53. The smallest absolute Gasteiger partial charge is 0.319 e. The molecule has 130 valence electrons. The van der Waals surface area contributed by atoms with Crippen LogP contribution in [0.1, 0.15) is 48.3 Å². The Balaban J connectivity index is 1.96. The molecule has 2 aromatic rings. The highest BCUT2D eigenvalue weighted by Gasteiger charge is 2.15. The van der Waals surface area contributed by atoms with Crippen LogP contribution in [-0.2, 0) is 7.05 Å².